The van der Waals surface area contributed by atoms with Crippen molar-refractivity contribution in [1.82, 2.24) is 0 Å². The summed E-state index contributed by atoms with van der Waals surface area (Å²) in [5.74, 6) is 1.44. The minimum absolute atomic E-state index is 0. The van der Waals surface area contributed by atoms with Crippen LogP contribution in [0.25, 0.3) is 0 Å². The molecule has 0 bridgehead atoms. The van der Waals surface area contributed by atoms with E-state index in [0.29, 0.717) is 43.1 Å². The third-order valence-electron chi connectivity index (χ3n) is 11.8. The van der Waals surface area contributed by atoms with Gasteiger partial charge in [-0.25, -0.2) is 42.1 Å². The van der Waals surface area contributed by atoms with E-state index in [0.717, 1.165) is 0 Å². The summed E-state index contributed by atoms with van der Waals surface area (Å²) in [6, 6.07) is 57.8. The van der Waals surface area contributed by atoms with Crippen molar-refractivity contribution in [1.29, 1.82) is 0 Å². The molecule has 10 rings (SSSR count). The van der Waals surface area contributed by atoms with Crippen LogP contribution in [0.3, 0.4) is 0 Å². The number of hydrogen-bond acceptors (Lipinski definition) is 14. The van der Waals surface area contributed by atoms with Gasteiger partial charge >= 0.3 is 0 Å². The molecular formula is C61H46Cl4O14S5. The van der Waals surface area contributed by atoms with Gasteiger partial charge in [-0.15, -0.1) is 0 Å². The van der Waals surface area contributed by atoms with Crippen molar-refractivity contribution in [2.24, 2.45) is 0 Å². The lowest BCUT2D eigenvalue weighted by Crippen LogP contribution is -2.02. The van der Waals surface area contributed by atoms with Crippen molar-refractivity contribution in [3.63, 3.8) is 0 Å². The number of benzene rings is 10. The highest BCUT2D eigenvalue weighted by molar-refractivity contribution is 7.92. The first-order chi connectivity index (χ1) is 39.3. The van der Waals surface area contributed by atoms with E-state index in [1.54, 1.807) is 24.3 Å². The monoisotopic (exact) mass is 1300 g/mol. The van der Waals surface area contributed by atoms with Crippen molar-refractivity contribution in [3.05, 3.63) is 263 Å². The second-order valence-corrected chi connectivity index (χ2v) is 28.9. The molecule has 0 saturated heterocycles. The van der Waals surface area contributed by atoms with Crippen molar-refractivity contribution in [2.75, 3.05) is 0 Å². The maximum atomic E-state index is 13.3. The SMILES string of the molecule is C.O=S(=O)(c1ccc(Cl)cc1)c1ccc(Cl)cc1.O=S(=O)(c1ccc(Cl)cc1)c1ccc(Oc2ccc(S(=O)(=O)c3ccc(Oc4ccc(S(=O)(=O)c5ccc(Cl)cc5)cc4)cc3)cc2)cc1.O=S(=O)(c1ccc(O)cc1)c1ccc(O)cc1. The van der Waals surface area contributed by atoms with Gasteiger partial charge in [-0.3, -0.25) is 0 Å². The molecule has 432 valence electrons. The summed E-state index contributed by atoms with van der Waals surface area (Å²) in [7, 11) is -18.4. The Bertz CT molecular complexity index is 4080. The number of hydrogen-bond donors (Lipinski definition) is 2. The Morgan fingerprint density at radius 3 is 0.476 bits per heavy atom. The predicted octanol–water partition coefficient (Wildman–Crippen LogP) is 15.5. The molecule has 0 unspecified atom stereocenters. The van der Waals surface area contributed by atoms with Gasteiger partial charge in [-0.05, 0) is 243 Å². The van der Waals surface area contributed by atoms with Gasteiger partial charge in [0.25, 0.3) is 0 Å². The zero-order valence-corrected chi connectivity index (χ0v) is 49.5. The number of sulfone groups is 5. The number of rotatable bonds is 14. The normalized spacial score (nSPS) is 11.6. The number of phenols is 2. The molecule has 10 aromatic rings. The Hall–Kier alpha value is -7.69. The summed E-state index contributed by atoms with van der Waals surface area (Å²) in [6.07, 6.45) is 0. The highest BCUT2D eigenvalue weighted by Crippen LogP contribution is 2.32. The first-order valence-corrected chi connectivity index (χ1v) is 32.9. The number of phenolic OH excluding ortho intramolecular Hbond substituents is 2. The summed E-state index contributed by atoms with van der Waals surface area (Å²) >= 11 is 23.2. The third kappa shape index (κ3) is 15.5. The highest BCUT2D eigenvalue weighted by atomic mass is 35.5. The van der Waals surface area contributed by atoms with Gasteiger partial charge in [0.15, 0.2) is 0 Å². The van der Waals surface area contributed by atoms with Gasteiger partial charge < -0.3 is 19.7 Å². The first-order valence-electron chi connectivity index (χ1n) is 23.9. The van der Waals surface area contributed by atoms with Crippen LogP contribution in [0.2, 0.25) is 20.1 Å². The molecule has 0 aliphatic rings. The van der Waals surface area contributed by atoms with E-state index < -0.39 is 49.2 Å². The summed E-state index contributed by atoms with van der Waals surface area (Å²) in [4.78, 5) is 1.08. The van der Waals surface area contributed by atoms with Crippen LogP contribution in [0.1, 0.15) is 7.43 Å². The molecule has 23 heteroatoms. The molecule has 14 nitrogen and oxygen atoms in total. The Kier molecular flexibility index (Phi) is 20.5. The number of halogens is 4. The topological polar surface area (TPSA) is 230 Å². The second kappa shape index (κ2) is 26.9. The molecule has 0 fully saturated rings. The van der Waals surface area contributed by atoms with Crippen LogP contribution in [0.15, 0.2) is 292 Å². The molecule has 0 aliphatic heterocycles. The van der Waals surface area contributed by atoms with E-state index in [2.05, 4.69) is 0 Å². The number of aromatic hydroxyl groups is 2. The zero-order valence-electron chi connectivity index (χ0n) is 42.4. The average molecular weight is 1310 g/mol. The van der Waals surface area contributed by atoms with Crippen LogP contribution in [-0.4, -0.2) is 52.3 Å². The Morgan fingerprint density at radius 1 is 0.214 bits per heavy atom. The van der Waals surface area contributed by atoms with Crippen LogP contribution in [0, 0.1) is 0 Å². The van der Waals surface area contributed by atoms with E-state index in [4.69, 9.17) is 66.1 Å². The van der Waals surface area contributed by atoms with E-state index >= 15 is 0 Å². The minimum atomic E-state index is -3.88. The standard InChI is InChI=1S/C36H24Cl2O8S3.C12H8Cl2O2S.C12H10O4S.CH4/c37-25-1-13-31(14-2-25)47(39,40)33-17-5-27(6-18-33)45-29-9-21-35(22-10-29)49(43,44)36-23-11-30(12-24-36)46-28-7-19-34(20-8-28)48(41,42)32-15-3-26(38)4-16-32;2*13-9-1-5-11(6-2-9)17(15,16)12-7-3-10(14)4-8-12;/h1-24H;1-8H;1-8,13-14H;1H4. The third-order valence-corrected chi connectivity index (χ3v) is 21.7. The molecule has 2 N–H and O–H groups in total. The Morgan fingerprint density at radius 2 is 0.333 bits per heavy atom. The zero-order chi connectivity index (χ0) is 59.7. The van der Waals surface area contributed by atoms with Gasteiger partial charge in [0.1, 0.15) is 34.5 Å². The first kappa shape index (κ1) is 63.9. The van der Waals surface area contributed by atoms with E-state index in [1.165, 1.54) is 218 Å². The molecule has 0 atom stereocenters. The van der Waals surface area contributed by atoms with Crippen molar-refractivity contribution < 1.29 is 61.8 Å². The van der Waals surface area contributed by atoms with Crippen LogP contribution in [0.5, 0.6) is 34.5 Å². The molecule has 0 amide bonds. The van der Waals surface area contributed by atoms with Crippen LogP contribution in [0.4, 0.5) is 0 Å². The second-order valence-electron chi connectivity index (χ2n) is 17.4. The lowest BCUT2D eigenvalue weighted by atomic mass is 10.3. The molecule has 0 radical (unpaired) electrons. The van der Waals surface area contributed by atoms with Crippen molar-refractivity contribution in [2.45, 2.75) is 56.4 Å². The summed E-state index contributed by atoms with van der Waals surface area (Å²) in [5, 5.41) is 20.1. The van der Waals surface area contributed by atoms with E-state index in [-0.39, 0.29) is 67.9 Å². The summed E-state index contributed by atoms with van der Waals surface area (Å²) < 4.78 is 138. The fourth-order valence-corrected chi connectivity index (χ4v) is 14.2. The lowest BCUT2D eigenvalue weighted by molar-refractivity contribution is 0.474. The predicted molar refractivity (Wildman–Crippen MR) is 322 cm³/mol. The van der Waals surface area contributed by atoms with E-state index in [9.17, 15) is 42.1 Å². The lowest BCUT2D eigenvalue weighted by Gasteiger charge is -2.10. The van der Waals surface area contributed by atoms with Gasteiger partial charge in [-0.1, -0.05) is 53.8 Å². The Balaban J connectivity index is 0.000000234. The largest absolute Gasteiger partial charge is 0.508 e. The molecule has 10 aromatic carbocycles. The molecule has 0 aliphatic carbocycles. The molecule has 0 aromatic heterocycles. The van der Waals surface area contributed by atoms with Gasteiger partial charge in [0, 0.05) is 20.1 Å². The molecule has 0 spiro atoms. The molecule has 84 heavy (non-hydrogen) atoms. The van der Waals surface area contributed by atoms with Crippen molar-refractivity contribution in [3.8, 4) is 34.5 Å². The van der Waals surface area contributed by atoms with Gasteiger partial charge in [0.05, 0.1) is 49.0 Å². The summed E-state index contributed by atoms with van der Waals surface area (Å²) in [6.45, 7) is 0. The average Bonchev–Trinajstić information content (AvgIpc) is 3.63. The molecule has 0 heterocycles. The highest BCUT2D eigenvalue weighted by Gasteiger charge is 2.22. The quantitative estimate of drug-likeness (QED) is 0.103. The smallest absolute Gasteiger partial charge is 0.206 e. The van der Waals surface area contributed by atoms with Crippen LogP contribution < -0.4 is 9.47 Å². The van der Waals surface area contributed by atoms with Crippen molar-refractivity contribution >= 4 is 95.6 Å². The molecular weight excluding hydrogens is 1260 g/mol. The van der Waals surface area contributed by atoms with Gasteiger partial charge in [0.2, 0.25) is 49.2 Å². The van der Waals surface area contributed by atoms with E-state index in [1.807, 2.05) is 0 Å². The maximum Gasteiger partial charge on any atom is 0.206 e. The minimum Gasteiger partial charge on any atom is -0.508 e. The van der Waals surface area contributed by atoms with Gasteiger partial charge in [-0.2, -0.15) is 0 Å². The maximum absolute atomic E-state index is 13.3. The fraction of sp³-hybridized carbons (Fsp3) is 0.0164. The fourth-order valence-electron chi connectivity index (χ4n) is 7.41. The number of ether oxygens (including phenoxy) is 2. The summed E-state index contributed by atoms with van der Waals surface area (Å²) in [5.41, 5.74) is 0. The molecule has 0 saturated carbocycles. The Labute approximate surface area is 506 Å². The van der Waals surface area contributed by atoms with Crippen LogP contribution in [-0.2, 0) is 49.2 Å². The van der Waals surface area contributed by atoms with Crippen LogP contribution >= 0.6 is 46.4 Å².